The van der Waals surface area contributed by atoms with Crippen molar-refractivity contribution < 1.29 is 87.5 Å². The summed E-state index contributed by atoms with van der Waals surface area (Å²) < 4.78 is 34.9. The maximum absolute atomic E-state index is 14.1. The molecule has 1 saturated heterocycles. The Labute approximate surface area is 412 Å². The molecule has 0 spiro atoms. The number of amides is 5. The molecule has 384 valence electrons. The summed E-state index contributed by atoms with van der Waals surface area (Å²) in [5.74, 6) is -4.27. The van der Waals surface area contributed by atoms with Crippen LogP contribution < -0.4 is 30.4 Å². The van der Waals surface area contributed by atoms with Crippen molar-refractivity contribution in [1.29, 1.82) is 0 Å². The molecular weight excluding hydrogens is 965 g/mol. The molecule has 0 aliphatic carbocycles. The van der Waals surface area contributed by atoms with Crippen molar-refractivity contribution in [1.82, 2.24) is 24.7 Å². The van der Waals surface area contributed by atoms with E-state index < -0.39 is 90.1 Å². The van der Waals surface area contributed by atoms with E-state index in [0.29, 0.717) is 44.9 Å². The molecule has 73 heavy (non-hydrogen) atoms. The van der Waals surface area contributed by atoms with E-state index in [-0.39, 0.29) is 93.5 Å². The van der Waals surface area contributed by atoms with E-state index in [1.165, 1.54) is 27.7 Å². The van der Waals surface area contributed by atoms with Gasteiger partial charge in [0.15, 0.2) is 23.2 Å². The summed E-state index contributed by atoms with van der Waals surface area (Å²) in [4.78, 5) is 109. The quantitative estimate of drug-likeness (QED) is 0.0505. The number of hydrogen-bond donors (Lipinski definition) is 7. The first kappa shape index (κ1) is 50.0. The molecule has 2 aromatic carbocycles. The predicted molar refractivity (Wildman–Crippen MR) is 245 cm³/mol. The smallest absolute Gasteiger partial charge is 0.410 e. The van der Waals surface area contributed by atoms with Gasteiger partial charge >= 0.3 is 18.0 Å². The van der Waals surface area contributed by atoms with Gasteiger partial charge in [-0.25, -0.2) is 19.4 Å². The minimum Gasteiger partial charge on any atom is -0.479 e. The molecular formula is C48H48N6O19. The van der Waals surface area contributed by atoms with Crippen molar-refractivity contribution in [2.24, 2.45) is 0 Å². The van der Waals surface area contributed by atoms with Crippen molar-refractivity contribution >= 4 is 58.3 Å². The average Bonchev–Trinajstić information content (AvgIpc) is 4.08. The van der Waals surface area contributed by atoms with Crippen LogP contribution in [0.15, 0.2) is 53.3 Å². The first-order valence-corrected chi connectivity index (χ1v) is 23.1. The zero-order chi connectivity index (χ0) is 52.0. The van der Waals surface area contributed by atoms with Crippen LogP contribution in [0.5, 0.6) is 17.2 Å². The van der Waals surface area contributed by atoms with Gasteiger partial charge in [-0.15, -0.1) is 0 Å². The maximum atomic E-state index is 14.1. The number of aliphatic carboxylic acids is 1. The number of rotatable bonds is 16. The topological polar surface area (TPSA) is 341 Å². The van der Waals surface area contributed by atoms with Crippen LogP contribution in [-0.2, 0) is 74.9 Å². The van der Waals surface area contributed by atoms with Gasteiger partial charge in [0, 0.05) is 67.2 Å². The largest absolute Gasteiger partial charge is 0.479 e. The number of pyridine rings is 2. The van der Waals surface area contributed by atoms with Crippen LogP contribution in [0.3, 0.4) is 0 Å². The third-order valence-corrected chi connectivity index (χ3v) is 13.2. The van der Waals surface area contributed by atoms with Crippen molar-refractivity contribution in [3.8, 4) is 28.6 Å². The molecule has 7 heterocycles. The van der Waals surface area contributed by atoms with Crippen LogP contribution in [0.2, 0.25) is 0 Å². The SMILES string of the molecule is CCN(Cc1c2c(nc3cc4c(cc13)OCO4)-c1cc3c(c(=O)n1C2)COC(=O)[C@]3(O)CC)C(=O)OCc1ccc(O[C@@H]2O[C@H](C(=O)O)[C@@H](O)[C@H](O)[C@H]2O)c(NC(=O)CCNC(=O)CCN2C(=O)C=CC2=O)c1. The zero-order valence-corrected chi connectivity index (χ0v) is 39.0. The lowest BCUT2D eigenvalue weighted by Gasteiger charge is -2.38. The number of carbonyl (C=O) groups is 7. The summed E-state index contributed by atoms with van der Waals surface area (Å²) in [5, 5.41) is 58.0. The molecule has 7 N–H and O–H groups in total. The highest BCUT2D eigenvalue weighted by Gasteiger charge is 2.49. The highest BCUT2D eigenvalue weighted by Crippen LogP contribution is 2.44. The molecule has 25 nitrogen and oxygen atoms in total. The van der Waals surface area contributed by atoms with Gasteiger partial charge in [-0.3, -0.25) is 28.9 Å². The van der Waals surface area contributed by atoms with E-state index >= 15 is 0 Å². The first-order chi connectivity index (χ1) is 34.9. The minimum absolute atomic E-state index is 0.0182. The van der Waals surface area contributed by atoms with Crippen LogP contribution in [-0.4, -0.2) is 144 Å². The van der Waals surface area contributed by atoms with Crippen molar-refractivity contribution in [2.45, 2.75) is 95.7 Å². The average molecular weight is 1010 g/mol. The number of ether oxygens (including phenoxy) is 6. The molecule has 25 heteroatoms. The van der Waals surface area contributed by atoms with Gasteiger partial charge in [-0.1, -0.05) is 13.0 Å². The van der Waals surface area contributed by atoms with Crippen molar-refractivity contribution in [3.05, 3.63) is 86.7 Å². The second kappa shape index (κ2) is 19.9. The molecule has 0 radical (unpaired) electrons. The molecule has 9 rings (SSSR count). The van der Waals surface area contributed by atoms with E-state index in [4.69, 9.17) is 33.4 Å². The van der Waals surface area contributed by atoms with Gasteiger partial charge in [0.25, 0.3) is 17.4 Å². The third kappa shape index (κ3) is 9.38. The normalized spacial score (nSPS) is 22.4. The van der Waals surface area contributed by atoms with Gasteiger partial charge in [0.1, 0.15) is 37.3 Å². The molecule has 5 aliphatic rings. The Hall–Kier alpha value is -7.97. The van der Waals surface area contributed by atoms with E-state index in [1.54, 1.807) is 32.0 Å². The molecule has 0 unspecified atom stereocenters. The number of cyclic esters (lactones) is 1. The van der Waals surface area contributed by atoms with Gasteiger partial charge in [-0.2, -0.15) is 0 Å². The van der Waals surface area contributed by atoms with Gasteiger partial charge in [-0.05, 0) is 48.7 Å². The second-order valence-electron chi connectivity index (χ2n) is 17.6. The minimum atomic E-state index is -2.06. The highest BCUT2D eigenvalue weighted by molar-refractivity contribution is 6.13. The summed E-state index contributed by atoms with van der Waals surface area (Å²) in [5.41, 5.74) is 0.202. The monoisotopic (exact) mass is 1010 g/mol. The number of fused-ring (bicyclic) bond motifs is 6. The number of esters is 1. The van der Waals surface area contributed by atoms with Crippen LogP contribution in [0.1, 0.15) is 60.9 Å². The zero-order valence-electron chi connectivity index (χ0n) is 39.0. The number of imide groups is 1. The molecule has 2 aromatic heterocycles. The number of aliphatic hydroxyl groups excluding tert-OH is 3. The molecule has 5 amide bonds. The number of anilines is 1. The number of carboxylic acid groups (broad SMARTS) is 1. The molecule has 6 atom stereocenters. The van der Waals surface area contributed by atoms with E-state index in [0.717, 1.165) is 17.1 Å². The van der Waals surface area contributed by atoms with Crippen molar-refractivity contribution in [3.63, 3.8) is 0 Å². The lowest BCUT2D eigenvalue weighted by molar-refractivity contribution is -0.271. The number of carboxylic acids is 1. The van der Waals surface area contributed by atoms with Gasteiger partial charge < -0.3 is 74.1 Å². The number of aliphatic hydroxyl groups is 4. The number of nitrogens with zero attached hydrogens (tertiary/aromatic N) is 4. The van der Waals surface area contributed by atoms with Gasteiger partial charge in [0.2, 0.25) is 24.9 Å². The summed E-state index contributed by atoms with van der Waals surface area (Å²) in [6.45, 7) is 2.24. The maximum Gasteiger partial charge on any atom is 0.410 e. The predicted octanol–water partition coefficient (Wildman–Crippen LogP) is -0.00210. The Balaban J connectivity index is 0.948. The van der Waals surface area contributed by atoms with Crippen LogP contribution in [0.4, 0.5) is 10.5 Å². The lowest BCUT2D eigenvalue weighted by Crippen LogP contribution is -2.61. The third-order valence-electron chi connectivity index (χ3n) is 13.2. The summed E-state index contributed by atoms with van der Waals surface area (Å²) in [7, 11) is 0. The van der Waals surface area contributed by atoms with Crippen LogP contribution in [0.25, 0.3) is 22.3 Å². The van der Waals surface area contributed by atoms with Gasteiger partial charge in [0.05, 0.1) is 41.2 Å². The Morgan fingerprint density at radius 2 is 1.64 bits per heavy atom. The second-order valence-corrected chi connectivity index (χ2v) is 17.6. The molecule has 1 fully saturated rings. The molecule has 0 saturated carbocycles. The number of benzene rings is 2. The number of nitrogens with one attached hydrogen (secondary N) is 2. The molecule has 5 aliphatic heterocycles. The number of hydrogen-bond acceptors (Lipinski definition) is 19. The Morgan fingerprint density at radius 3 is 2.36 bits per heavy atom. The molecule has 4 aromatic rings. The van der Waals surface area contributed by atoms with Crippen LogP contribution in [0, 0.1) is 0 Å². The Kier molecular flexibility index (Phi) is 13.6. The molecule has 0 bridgehead atoms. The Morgan fingerprint density at radius 1 is 0.904 bits per heavy atom. The lowest BCUT2D eigenvalue weighted by atomic mass is 9.86. The standard InChI is InChI=1S/C48H48N6O19/c1-3-48(67)27-15-30-38-25(18-54(30)43(62)26(27)20-68-46(48)65)24(23-14-32-33(71-21-70-32)16-28(23)51-38)17-52(4-2)47(66)69-19-22-5-6-31(72-45-41(61)39(59)40(60)42(73-45)44(63)64)29(13-22)50-35(56)9-11-49-34(55)10-12-53-36(57)7-8-37(53)58/h5-8,13-16,39-42,45,59-61,67H,3-4,9-12,17-21H2,1-2H3,(H,49,55)(H,50,56)(H,63,64)/t39-,40-,41+,42-,45+,48-/m0/s1. The summed E-state index contributed by atoms with van der Waals surface area (Å²) in [6.07, 6.45) is -9.11. The van der Waals surface area contributed by atoms with E-state index in [1.807, 2.05) is 0 Å². The summed E-state index contributed by atoms with van der Waals surface area (Å²) in [6, 6.07) is 9.04. The fourth-order valence-corrected chi connectivity index (χ4v) is 9.09. The fourth-order valence-electron chi connectivity index (χ4n) is 9.09. The highest BCUT2D eigenvalue weighted by atomic mass is 16.7. The first-order valence-electron chi connectivity index (χ1n) is 23.1. The number of carbonyl (C=O) groups excluding carboxylic acids is 6. The van der Waals surface area contributed by atoms with E-state index in [2.05, 4.69) is 10.6 Å². The van der Waals surface area contributed by atoms with E-state index in [9.17, 15) is 63.9 Å². The number of aromatic nitrogens is 2. The van der Waals surface area contributed by atoms with Crippen molar-refractivity contribution in [2.75, 3.05) is 31.7 Å². The fraction of sp³-hybridized carbons (Fsp3) is 0.396. The Bertz CT molecular complexity index is 3070. The van der Waals surface area contributed by atoms with Crippen LogP contribution >= 0.6 is 0 Å². The summed E-state index contributed by atoms with van der Waals surface area (Å²) >= 11 is 0.